The van der Waals surface area contributed by atoms with Crippen molar-refractivity contribution in [3.63, 3.8) is 0 Å². The summed E-state index contributed by atoms with van der Waals surface area (Å²) in [4.78, 5) is 0. The second-order valence-corrected chi connectivity index (χ2v) is 5.61. The topological polar surface area (TPSA) is 0 Å². The summed E-state index contributed by atoms with van der Waals surface area (Å²) in [5.41, 5.74) is 5.65. The number of rotatable bonds is 1. The van der Waals surface area contributed by atoms with Gasteiger partial charge in [-0.1, -0.05) is 54.6 Å². The van der Waals surface area contributed by atoms with E-state index in [0.29, 0.717) is 0 Å². The van der Waals surface area contributed by atoms with Gasteiger partial charge >= 0.3 is 0 Å². The maximum absolute atomic E-state index is 2.50. The Morgan fingerprint density at radius 2 is 1.47 bits per heavy atom. The summed E-state index contributed by atoms with van der Waals surface area (Å²) in [7, 11) is 0. The molecule has 0 bridgehead atoms. The molecule has 17 heavy (non-hydrogen) atoms. The molecular formula is C16H13I. The van der Waals surface area contributed by atoms with E-state index < -0.39 is 0 Å². The highest BCUT2D eigenvalue weighted by Crippen LogP contribution is 2.38. The van der Waals surface area contributed by atoms with Gasteiger partial charge in [-0.3, -0.25) is 0 Å². The van der Waals surface area contributed by atoms with Crippen LogP contribution in [0.15, 0.2) is 58.2 Å². The molecule has 0 aliphatic heterocycles. The molecule has 0 fully saturated rings. The Balaban J connectivity index is 2.21. The van der Waals surface area contributed by atoms with E-state index in [9.17, 15) is 0 Å². The predicted molar refractivity (Wildman–Crippen MR) is 81.2 cm³/mol. The van der Waals surface area contributed by atoms with Crippen LogP contribution in [0, 0.1) is 0 Å². The molecule has 84 valence electrons. The summed E-state index contributed by atoms with van der Waals surface area (Å²) in [5.74, 6) is 0. The summed E-state index contributed by atoms with van der Waals surface area (Å²) in [6, 6.07) is 19.5. The Kier molecular flexibility index (Phi) is 3.02. The van der Waals surface area contributed by atoms with Gasteiger partial charge < -0.3 is 0 Å². The summed E-state index contributed by atoms with van der Waals surface area (Å²) >= 11 is 2.50. The van der Waals surface area contributed by atoms with Crippen molar-refractivity contribution in [1.82, 2.24) is 0 Å². The average Bonchev–Trinajstić information content (AvgIpc) is 2.39. The molecule has 0 spiro atoms. The minimum Gasteiger partial charge on any atom is -0.0622 e. The van der Waals surface area contributed by atoms with Crippen LogP contribution in [0.2, 0.25) is 0 Å². The fraction of sp³-hybridized carbons (Fsp3) is 0.125. The zero-order valence-electron chi connectivity index (χ0n) is 9.49. The van der Waals surface area contributed by atoms with Gasteiger partial charge in [0.1, 0.15) is 0 Å². The molecule has 1 aliphatic rings. The van der Waals surface area contributed by atoms with Gasteiger partial charge in [0.15, 0.2) is 0 Å². The molecule has 0 radical (unpaired) electrons. The maximum atomic E-state index is 2.50. The Morgan fingerprint density at radius 3 is 2.29 bits per heavy atom. The minimum atomic E-state index is 1.17. The molecule has 0 unspecified atom stereocenters. The predicted octanol–water partition coefficient (Wildman–Crippen LogP) is 4.83. The monoisotopic (exact) mass is 332 g/mol. The fourth-order valence-electron chi connectivity index (χ4n) is 2.41. The molecule has 0 aromatic heterocycles. The van der Waals surface area contributed by atoms with E-state index in [2.05, 4.69) is 77.2 Å². The second-order valence-electron chi connectivity index (χ2n) is 4.30. The smallest absolute Gasteiger partial charge is 0.000624 e. The number of halogens is 1. The first kappa shape index (κ1) is 11.0. The summed E-state index contributed by atoms with van der Waals surface area (Å²) in [5, 5.41) is 0. The van der Waals surface area contributed by atoms with Crippen LogP contribution < -0.4 is 0 Å². The van der Waals surface area contributed by atoms with E-state index in [4.69, 9.17) is 0 Å². The molecule has 3 rings (SSSR count). The van der Waals surface area contributed by atoms with Gasteiger partial charge in [-0.25, -0.2) is 0 Å². The van der Waals surface area contributed by atoms with E-state index in [1.165, 1.54) is 38.7 Å². The lowest BCUT2D eigenvalue weighted by Crippen LogP contribution is -2.03. The lowest BCUT2D eigenvalue weighted by Gasteiger charge is -2.20. The largest absolute Gasteiger partial charge is 0.0622 e. The van der Waals surface area contributed by atoms with Crippen molar-refractivity contribution < 1.29 is 0 Å². The Hall–Kier alpha value is -1.09. The van der Waals surface area contributed by atoms with Crippen LogP contribution in [0.4, 0.5) is 0 Å². The van der Waals surface area contributed by atoms with E-state index in [1.54, 1.807) is 0 Å². The number of benzene rings is 2. The number of fused-ring (bicyclic) bond motifs is 1. The van der Waals surface area contributed by atoms with Crippen molar-refractivity contribution in [3.8, 4) is 0 Å². The molecule has 0 N–H and O–H groups in total. The first-order chi connectivity index (χ1) is 8.36. The molecule has 0 saturated carbocycles. The van der Waals surface area contributed by atoms with Crippen LogP contribution in [-0.2, 0) is 6.42 Å². The van der Waals surface area contributed by atoms with Gasteiger partial charge in [-0.05, 0) is 61.3 Å². The van der Waals surface area contributed by atoms with Gasteiger partial charge in [0.2, 0.25) is 0 Å². The average molecular weight is 332 g/mol. The molecule has 0 heterocycles. The number of hydrogen-bond donors (Lipinski definition) is 0. The van der Waals surface area contributed by atoms with Crippen molar-refractivity contribution in [1.29, 1.82) is 0 Å². The molecule has 0 saturated heterocycles. The third-order valence-corrected chi connectivity index (χ3v) is 4.31. The highest BCUT2D eigenvalue weighted by Gasteiger charge is 2.17. The molecule has 1 aliphatic carbocycles. The Labute approximate surface area is 116 Å². The van der Waals surface area contributed by atoms with Gasteiger partial charge in [-0.15, -0.1) is 0 Å². The summed E-state index contributed by atoms with van der Waals surface area (Å²) < 4.78 is 1.48. The SMILES string of the molecule is IC1=C(c2ccccc2)c2ccccc2CC1. The molecule has 0 amide bonds. The van der Waals surface area contributed by atoms with Crippen LogP contribution in [-0.4, -0.2) is 0 Å². The van der Waals surface area contributed by atoms with Crippen LogP contribution in [0.1, 0.15) is 23.1 Å². The van der Waals surface area contributed by atoms with E-state index in [1.807, 2.05) is 0 Å². The van der Waals surface area contributed by atoms with Crippen LogP contribution in [0.5, 0.6) is 0 Å². The first-order valence-corrected chi connectivity index (χ1v) is 6.96. The summed E-state index contributed by atoms with van der Waals surface area (Å²) in [6.45, 7) is 0. The number of allylic oxidation sites excluding steroid dienone is 1. The zero-order valence-corrected chi connectivity index (χ0v) is 11.6. The molecule has 2 aromatic rings. The van der Waals surface area contributed by atoms with Gasteiger partial charge in [0.25, 0.3) is 0 Å². The van der Waals surface area contributed by atoms with E-state index in [0.717, 1.165) is 0 Å². The normalized spacial score (nSPS) is 14.6. The summed E-state index contributed by atoms with van der Waals surface area (Å²) in [6.07, 6.45) is 2.34. The van der Waals surface area contributed by atoms with E-state index >= 15 is 0 Å². The minimum absolute atomic E-state index is 1.17. The third kappa shape index (κ3) is 2.04. The highest BCUT2D eigenvalue weighted by atomic mass is 127. The molecule has 2 aromatic carbocycles. The molecule has 0 atom stereocenters. The van der Waals surface area contributed by atoms with Crippen molar-refractivity contribution in [2.75, 3.05) is 0 Å². The van der Waals surface area contributed by atoms with Crippen molar-refractivity contribution in [3.05, 3.63) is 74.9 Å². The standard InChI is InChI=1S/C16H13I/c17-15-11-10-12-6-4-5-9-14(12)16(15)13-7-2-1-3-8-13/h1-9H,10-11H2. The van der Waals surface area contributed by atoms with Crippen molar-refractivity contribution in [2.24, 2.45) is 0 Å². The van der Waals surface area contributed by atoms with Gasteiger partial charge in [0.05, 0.1) is 0 Å². The van der Waals surface area contributed by atoms with Crippen LogP contribution >= 0.6 is 22.6 Å². The first-order valence-electron chi connectivity index (χ1n) is 5.88. The van der Waals surface area contributed by atoms with E-state index in [-0.39, 0.29) is 0 Å². The number of hydrogen-bond acceptors (Lipinski definition) is 0. The van der Waals surface area contributed by atoms with Crippen molar-refractivity contribution >= 4 is 28.2 Å². The molecule has 0 nitrogen and oxygen atoms in total. The fourth-order valence-corrected chi connectivity index (χ4v) is 3.29. The van der Waals surface area contributed by atoms with Crippen molar-refractivity contribution in [2.45, 2.75) is 12.8 Å². The van der Waals surface area contributed by atoms with Crippen LogP contribution in [0.3, 0.4) is 0 Å². The second kappa shape index (κ2) is 4.65. The van der Waals surface area contributed by atoms with Crippen LogP contribution in [0.25, 0.3) is 5.57 Å². The Morgan fingerprint density at radius 1 is 0.765 bits per heavy atom. The molecule has 1 heteroatoms. The van der Waals surface area contributed by atoms with Gasteiger partial charge in [0, 0.05) is 0 Å². The Bertz CT molecular complexity index is 567. The lowest BCUT2D eigenvalue weighted by molar-refractivity contribution is 0.972. The third-order valence-electron chi connectivity index (χ3n) is 3.23. The van der Waals surface area contributed by atoms with Gasteiger partial charge in [-0.2, -0.15) is 0 Å². The maximum Gasteiger partial charge on any atom is -0.000624 e. The number of aryl methyl sites for hydroxylation is 1. The highest BCUT2D eigenvalue weighted by molar-refractivity contribution is 14.1. The lowest BCUT2D eigenvalue weighted by atomic mass is 9.87. The molecular weight excluding hydrogens is 319 g/mol. The zero-order chi connectivity index (χ0) is 11.7. The quantitative estimate of drug-likeness (QED) is 0.657.